The molecule has 1 radical (unpaired) electrons. The summed E-state index contributed by atoms with van der Waals surface area (Å²) in [6.45, 7) is 5.70. The molecule has 0 amide bonds. The van der Waals surface area contributed by atoms with Crippen LogP contribution in [-0.2, 0) is 39.3 Å². The van der Waals surface area contributed by atoms with Crippen LogP contribution in [-0.4, -0.2) is 6.54 Å². The maximum Gasteiger partial charge on any atom is 0.123 e. The number of nitrogens with zero attached hydrogens (tertiary/aromatic N) is 1. The Bertz CT molecular complexity index is 263. The average molecular weight is 269 g/mol. The Morgan fingerprint density at radius 1 is 1.36 bits per heavy atom. The van der Waals surface area contributed by atoms with Crippen molar-refractivity contribution in [1.82, 2.24) is 0 Å². The first-order valence-corrected chi connectivity index (χ1v) is 4.56. The van der Waals surface area contributed by atoms with E-state index in [4.69, 9.17) is 0 Å². The second-order valence-electron chi connectivity index (χ2n) is 3.59. The Hall–Kier alpha value is 0.214. The van der Waals surface area contributed by atoms with Gasteiger partial charge in [0.2, 0.25) is 0 Å². The van der Waals surface area contributed by atoms with E-state index in [1.54, 1.807) is 6.07 Å². The molecule has 14 heavy (non-hydrogen) atoms. The Kier molecular flexibility index (Phi) is 7.61. The van der Waals surface area contributed by atoms with Gasteiger partial charge in [0.15, 0.2) is 0 Å². The molecule has 0 spiro atoms. The van der Waals surface area contributed by atoms with Crippen molar-refractivity contribution in [2.45, 2.75) is 20.4 Å². The zero-order valence-corrected chi connectivity index (χ0v) is 11.5. The Labute approximate surface area is 110 Å². The predicted molar refractivity (Wildman–Crippen MR) is 53.2 cm³/mol. The molecule has 75 valence electrons. The Morgan fingerprint density at radius 2 is 2.07 bits per heavy atom. The smallest absolute Gasteiger partial charge is 0.123 e. The standard InChI is InChI=1S/C11H15FN.Y/c1-9(2)7-13-8-10-4-3-5-11(12)6-10;/h3-6,9H,7-8H2,1-2H3;/q-1;. The largest absolute Gasteiger partial charge is 0.658 e. The van der Waals surface area contributed by atoms with Crippen LogP contribution < -0.4 is 0 Å². The summed E-state index contributed by atoms with van der Waals surface area (Å²) in [7, 11) is 0. The van der Waals surface area contributed by atoms with Crippen LogP contribution in [0.1, 0.15) is 19.4 Å². The minimum absolute atomic E-state index is 0. The van der Waals surface area contributed by atoms with E-state index < -0.39 is 0 Å². The Morgan fingerprint density at radius 3 is 2.64 bits per heavy atom. The van der Waals surface area contributed by atoms with E-state index in [0.29, 0.717) is 12.5 Å². The third kappa shape index (κ3) is 5.84. The summed E-state index contributed by atoms with van der Waals surface area (Å²) in [5.74, 6) is 0.394. The molecular weight excluding hydrogens is 254 g/mol. The van der Waals surface area contributed by atoms with E-state index in [2.05, 4.69) is 19.2 Å². The van der Waals surface area contributed by atoms with Gasteiger partial charge in [0.25, 0.3) is 0 Å². The van der Waals surface area contributed by atoms with Crippen LogP contribution in [0.5, 0.6) is 0 Å². The van der Waals surface area contributed by atoms with Gasteiger partial charge in [-0.15, -0.1) is 13.1 Å². The van der Waals surface area contributed by atoms with Gasteiger partial charge >= 0.3 is 0 Å². The molecule has 1 aromatic rings. The van der Waals surface area contributed by atoms with Gasteiger partial charge in [0, 0.05) is 32.7 Å². The van der Waals surface area contributed by atoms with E-state index in [1.807, 2.05) is 6.07 Å². The number of benzene rings is 1. The zero-order chi connectivity index (χ0) is 9.68. The Balaban J connectivity index is 0.00000169. The first-order chi connectivity index (χ1) is 6.18. The summed E-state index contributed by atoms with van der Waals surface area (Å²) in [5, 5.41) is 4.32. The molecule has 0 N–H and O–H groups in total. The van der Waals surface area contributed by atoms with E-state index in [9.17, 15) is 4.39 Å². The molecule has 0 aromatic heterocycles. The van der Waals surface area contributed by atoms with Crippen molar-refractivity contribution in [3.63, 3.8) is 0 Å². The maximum absolute atomic E-state index is 12.7. The van der Waals surface area contributed by atoms with Crippen molar-refractivity contribution >= 4 is 0 Å². The van der Waals surface area contributed by atoms with Gasteiger partial charge in [-0.3, -0.25) is 0 Å². The van der Waals surface area contributed by atoms with Crippen LogP contribution in [0.4, 0.5) is 4.39 Å². The fourth-order valence-electron chi connectivity index (χ4n) is 1.09. The molecule has 0 fully saturated rings. The summed E-state index contributed by atoms with van der Waals surface area (Å²) in [5.41, 5.74) is 0.945. The van der Waals surface area contributed by atoms with Crippen molar-refractivity contribution in [3.8, 4) is 0 Å². The van der Waals surface area contributed by atoms with Crippen LogP contribution in [0.15, 0.2) is 24.3 Å². The monoisotopic (exact) mass is 269 g/mol. The van der Waals surface area contributed by atoms with Crippen LogP contribution in [0.3, 0.4) is 0 Å². The summed E-state index contributed by atoms with van der Waals surface area (Å²) in [4.78, 5) is 0. The molecule has 0 saturated heterocycles. The molecule has 0 aliphatic rings. The van der Waals surface area contributed by atoms with Crippen molar-refractivity contribution < 1.29 is 37.1 Å². The number of hydrogen-bond donors (Lipinski definition) is 0. The molecule has 0 heterocycles. The average Bonchev–Trinajstić information content (AvgIpc) is 2.03. The molecule has 0 aliphatic carbocycles. The van der Waals surface area contributed by atoms with Crippen LogP contribution in [0.2, 0.25) is 0 Å². The summed E-state index contributed by atoms with van der Waals surface area (Å²) < 4.78 is 12.7. The molecule has 0 saturated carbocycles. The van der Waals surface area contributed by atoms with Crippen LogP contribution in [0, 0.1) is 11.7 Å². The molecule has 0 atom stereocenters. The normalized spacial score (nSPS) is 10.0. The predicted octanol–water partition coefficient (Wildman–Crippen LogP) is 3.35. The van der Waals surface area contributed by atoms with Crippen molar-refractivity contribution in [3.05, 3.63) is 41.0 Å². The van der Waals surface area contributed by atoms with Crippen molar-refractivity contribution in [1.29, 1.82) is 0 Å². The van der Waals surface area contributed by atoms with Gasteiger partial charge in [-0.05, 0) is 12.1 Å². The molecule has 1 aromatic carbocycles. The van der Waals surface area contributed by atoms with Gasteiger partial charge < -0.3 is 5.32 Å². The topological polar surface area (TPSA) is 14.1 Å². The first kappa shape index (κ1) is 14.2. The maximum atomic E-state index is 12.7. The molecule has 0 aliphatic heterocycles. The minimum atomic E-state index is -0.183. The molecule has 1 rings (SSSR count). The third-order valence-corrected chi connectivity index (χ3v) is 1.68. The van der Waals surface area contributed by atoms with E-state index in [0.717, 1.165) is 12.1 Å². The van der Waals surface area contributed by atoms with Crippen LogP contribution in [0.25, 0.3) is 5.32 Å². The van der Waals surface area contributed by atoms with Crippen molar-refractivity contribution in [2.75, 3.05) is 6.54 Å². The number of rotatable bonds is 4. The van der Waals surface area contributed by atoms with Gasteiger partial charge in [0.05, 0.1) is 0 Å². The summed E-state index contributed by atoms with van der Waals surface area (Å²) in [6.07, 6.45) is 0. The quantitative estimate of drug-likeness (QED) is 0.795. The molecule has 1 nitrogen and oxygen atoms in total. The summed E-state index contributed by atoms with van der Waals surface area (Å²) >= 11 is 0. The molecule has 3 heteroatoms. The van der Waals surface area contributed by atoms with Gasteiger partial charge in [-0.1, -0.05) is 37.5 Å². The van der Waals surface area contributed by atoms with Gasteiger partial charge in [-0.25, -0.2) is 4.39 Å². The molecule has 0 unspecified atom stereocenters. The van der Waals surface area contributed by atoms with Gasteiger partial charge in [0.1, 0.15) is 5.82 Å². The first-order valence-electron chi connectivity index (χ1n) is 4.56. The fraction of sp³-hybridized carbons (Fsp3) is 0.455. The molecular formula is C11H15FNY-. The number of halogens is 1. The number of hydrogen-bond acceptors (Lipinski definition) is 0. The molecule has 0 bridgehead atoms. The second kappa shape index (κ2) is 7.50. The fourth-order valence-corrected chi connectivity index (χ4v) is 1.09. The minimum Gasteiger partial charge on any atom is -0.658 e. The van der Waals surface area contributed by atoms with E-state index >= 15 is 0 Å². The zero-order valence-electron chi connectivity index (χ0n) is 8.70. The third-order valence-electron chi connectivity index (χ3n) is 1.68. The van der Waals surface area contributed by atoms with Gasteiger partial charge in [-0.2, -0.15) is 0 Å². The SMILES string of the molecule is CC(C)C[N-]Cc1cccc(F)c1.[Y]. The summed E-state index contributed by atoms with van der Waals surface area (Å²) in [6, 6.07) is 6.60. The van der Waals surface area contributed by atoms with Crippen LogP contribution >= 0.6 is 0 Å². The van der Waals surface area contributed by atoms with E-state index in [1.165, 1.54) is 12.1 Å². The second-order valence-corrected chi connectivity index (χ2v) is 3.59. The van der Waals surface area contributed by atoms with Crippen molar-refractivity contribution in [2.24, 2.45) is 5.92 Å². The van der Waals surface area contributed by atoms with E-state index in [-0.39, 0.29) is 38.5 Å².